The van der Waals surface area contributed by atoms with Gasteiger partial charge in [0.2, 0.25) is 11.8 Å². The molecule has 1 unspecified atom stereocenters. The Morgan fingerprint density at radius 2 is 1.85 bits per heavy atom. The van der Waals surface area contributed by atoms with E-state index in [1.165, 1.54) is 24.3 Å². The van der Waals surface area contributed by atoms with Crippen LogP contribution in [0.5, 0.6) is 0 Å². The highest BCUT2D eigenvalue weighted by Crippen LogP contribution is 2.25. The molecule has 1 aliphatic rings. The summed E-state index contributed by atoms with van der Waals surface area (Å²) in [5.74, 6) is -0.775. The lowest BCUT2D eigenvalue weighted by molar-refractivity contribution is -0.384. The molecule has 12 nitrogen and oxygen atoms in total. The second-order valence-electron chi connectivity index (χ2n) is 9.76. The molecule has 1 fully saturated rings. The van der Waals surface area contributed by atoms with Gasteiger partial charge in [-0.25, -0.2) is 0 Å². The molecule has 1 saturated heterocycles. The molecule has 2 amide bonds. The summed E-state index contributed by atoms with van der Waals surface area (Å²) in [6.07, 6.45) is 3.37. The third kappa shape index (κ3) is 8.48. The van der Waals surface area contributed by atoms with Crippen molar-refractivity contribution >= 4 is 29.1 Å². The van der Waals surface area contributed by atoms with E-state index in [-0.39, 0.29) is 23.7 Å². The fraction of sp³-hybridized carbons (Fsp3) is 0.444. The molecule has 0 bridgehead atoms. The standard InChI is InChI=1S/C27H38N8O4/c1-33-17-6-5-11-24(33)34(26(37)22(28)18-19-8-3-2-4-9-19)23(10-7-16-31-27(29)30)25(36)32-20-12-14-21(15-13-20)35(38)39/h2-4,8-9,12-15,22-24H,5-7,10-11,16-18,28H2,1H3,(H,32,36)(H4,29,30,31)/t22-,23+,24?/m1/s1. The molecule has 2 aromatic carbocycles. The summed E-state index contributed by atoms with van der Waals surface area (Å²) < 4.78 is 0. The number of hydrogen-bond acceptors (Lipinski definition) is 7. The maximum Gasteiger partial charge on any atom is 0.269 e. The van der Waals surface area contributed by atoms with Gasteiger partial charge in [0, 0.05) is 24.4 Å². The number of aliphatic imine (C=N–C) groups is 1. The number of piperidine rings is 1. The third-order valence-electron chi connectivity index (χ3n) is 6.84. The number of amides is 2. The quantitative estimate of drug-likeness (QED) is 0.103. The van der Waals surface area contributed by atoms with Gasteiger partial charge in [-0.2, -0.15) is 0 Å². The van der Waals surface area contributed by atoms with E-state index in [4.69, 9.17) is 17.2 Å². The monoisotopic (exact) mass is 538 g/mol. The van der Waals surface area contributed by atoms with Gasteiger partial charge in [-0.1, -0.05) is 30.3 Å². The number of nitro benzene ring substituents is 1. The summed E-state index contributed by atoms with van der Waals surface area (Å²) >= 11 is 0. The minimum Gasteiger partial charge on any atom is -0.370 e. The normalized spacial score (nSPS) is 17.0. The first kappa shape index (κ1) is 29.5. The Labute approximate surface area is 228 Å². The van der Waals surface area contributed by atoms with Crippen molar-refractivity contribution in [2.24, 2.45) is 22.2 Å². The molecule has 0 aromatic heterocycles. The van der Waals surface area contributed by atoms with Crippen LogP contribution in [0.3, 0.4) is 0 Å². The molecule has 0 spiro atoms. The van der Waals surface area contributed by atoms with Crippen LogP contribution in [-0.2, 0) is 16.0 Å². The van der Waals surface area contributed by atoms with Crippen molar-refractivity contribution in [1.29, 1.82) is 0 Å². The topological polar surface area (TPSA) is 186 Å². The molecule has 12 heteroatoms. The van der Waals surface area contributed by atoms with Gasteiger partial charge in [-0.05, 0) is 69.8 Å². The van der Waals surface area contributed by atoms with Crippen LogP contribution in [0.25, 0.3) is 0 Å². The Hall–Kier alpha value is -4.03. The van der Waals surface area contributed by atoms with Crippen LogP contribution in [0, 0.1) is 10.1 Å². The van der Waals surface area contributed by atoms with Crippen LogP contribution in [-0.4, -0.2) is 70.9 Å². The Kier molecular flexibility index (Phi) is 10.8. The smallest absolute Gasteiger partial charge is 0.269 e. The lowest BCUT2D eigenvalue weighted by Gasteiger charge is -2.45. The fourth-order valence-corrected chi connectivity index (χ4v) is 4.85. The highest BCUT2D eigenvalue weighted by molar-refractivity contribution is 5.98. The molecular weight excluding hydrogens is 500 g/mol. The molecule has 3 atom stereocenters. The molecule has 0 aliphatic carbocycles. The van der Waals surface area contributed by atoms with Crippen LogP contribution >= 0.6 is 0 Å². The summed E-state index contributed by atoms with van der Waals surface area (Å²) in [6.45, 7) is 1.08. The number of carbonyl (C=O) groups excluding carboxylic acids is 2. The van der Waals surface area contributed by atoms with Crippen molar-refractivity contribution in [2.45, 2.75) is 56.8 Å². The zero-order valence-electron chi connectivity index (χ0n) is 22.2. The average molecular weight is 539 g/mol. The zero-order valence-corrected chi connectivity index (χ0v) is 22.2. The summed E-state index contributed by atoms with van der Waals surface area (Å²) in [4.78, 5) is 46.0. The summed E-state index contributed by atoms with van der Waals surface area (Å²) in [5, 5.41) is 13.9. The SMILES string of the molecule is CN1CCCCC1N(C(=O)[C@H](N)Cc1ccccc1)[C@@H](CCCN=C(N)N)C(=O)Nc1ccc([N+](=O)[O-])cc1. The summed E-state index contributed by atoms with van der Waals surface area (Å²) in [5.41, 5.74) is 18.6. The van der Waals surface area contributed by atoms with Crippen molar-refractivity contribution in [3.8, 4) is 0 Å². The number of likely N-dealkylation sites (tertiary alicyclic amines) is 1. The number of nitrogens with one attached hydrogen (secondary N) is 1. The van der Waals surface area contributed by atoms with Crippen molar-refractivity contribution in [3.63, 3.8) is 0 Å². The Balaban J connectivity index is 1.92. The van der Waals surface area contributed by atoms with E-state index in [0.717, 1.165) is 24.9 Å². The van der Waals surface area contributed by atoms with Gasteiger partial charge in [0.05, 0.1) is 17.1 Å². The van der Waals surface area contributed by atoms with Crippen LogP contribution in [0.4, 0.5) is 11.4 Å². The Morgan fingerprint density at radius 1 is 1.15 bits per heavy atom. The van der Waals surface area contributed by atoms with E-state index < -0.39 is 22.9 Å². The van der Waals surface area contributed by atoms with Crippen molar-refractivity contribution in [3.05, 3.63) is 70.3 Å². The second kappa shape index (κ2) is 14.2. The highest BCUT2D eigenvalue weighted by Gasteiger charge is 2.39. The van der Waals surface area contributed by atoms with Crippen LogP contribution in [0.15, 0.2) is 59.6 Å². The predicted molar refractivity (Wildman–Crippen MR) is 151 cm³/mol. The number of rotatable bonds is 12. The van der Waals surface area contributed by atoms with E-state index in [0.29, 0.717) is 37.9 Å². The summed E-state index contributed by atoms with van der Waals surface area (Å²) in [6, 6.07) is 13.4. The fourth-order valence-electron chi connectivity index (χ4n) is 4.85. The van der Waals surface area contributed by atoms with Crippen molar-refractivity contribution in [1.82, 2.24) is 9.80 Å². The molecule has 1 aliphatic heterocycles. The average Bonchev–Trinajstić information content (AvgIpc) is 2.91. The molecule has 1 heterocycles. The predicted octanol–water partition coefficient (Wildman–Crippen LogP) is 1.80. The maximum atomic E-state index is 14.0. The van der Waals surface area contributed by atoms with Crippen LogP contribution < -0.4 is 22.5 Å². The molecule has 3 rings (SSSR count). The molecule has 7 N–H and O–H groups in total. The number of anilines is 1. The molecular formula is C27H38N8O4. The number of guanidine groups is 1. The van der Waals surface area contributed by atoms with E-state index in [1.807, 2.05) is 37.4 Å². The van der Waals surface area contributed by atoms with E-state index in [1.54, 1.807) is 4.90 Å². The second-order valence-corrected chi connectivity index (χ2v) is 9.76. The minimum atomic E-state index is -0.866. The largest absolute Gasteiger partial charge is 0.370 e. The van der Waals surface area contributed by atoms with Gasteiger partial charge in [0.25, 0.3) is 5.69 Å². The first-order valence-corrected chi connectivity index (χ1v) is 13.1. The summed E-state index contributed by atoms with van der Waals surface area (Å²) in [7, 11) is 1.94. The Bertz CT molecular complexity index is 1140. The van der Waals surface area contributed by atoms with Gasteiger partial charge in [-0.15, -0.1) is 0 Å². The van der Waals surface area contributed by atoms with Gasteiger partial charge in [-0.3, -0.25) is 29.6 Å². The van der Waals surface area contributed by atoms with Crippen LogP contribution in [0.1, 0.15) is 37.7 Å². The van der Waals surface area contributed by atoms with Gasteiger partial charge in [0.15, 0.2) is 5.96 Å². The molecule has 210 valence electrons. The molecule has 39 heavy (non-hydrogen) atoms. The van der Waals surface area contributed by atoms with E-state index >= 15 is 0 Å². The number of non-ortho nitro benzene ring substituents is 1. The van der Waals surface area contributed by atoms with E-state index in [2.05, 4.69) is 15.2 Å². The number of nitro groups is 1. The highest BCUT2D eigenvalue weighted by atomic mass is 16.6. The first-order chi connectivity index (χ1) is 18.7. The lowest BCUT2D eigenvalue weighted by Crippen LogP contribution is -2.62. The first-order valence-electron chi connectivity index (χ1n) is 13.1. The van der Waals surface area contributed by atoms with E-state index in [9.17, 15) is 19.7 Å². The van der Waals surface area contributed by atoms with Gasteiger partial charge < -0.3 is 27.4 Å². The zero-order chi connectivity index (χ0) is 28.4. The lowest BCUT2D eigenvalue weighted by atomic mass is 9.99. The number of nitrogens with zero attached hydrogens (tertiary/aromatic N) is 4. The van der Waals surface area contributed by atoms with Crippen LogP contribution in [0.2, 0.25) is 0 Å². The van der Waals surface area contributed by atoms with Crippen molar-refractivity contribution < 1.29 is 14.5 Å². The van der Waals surface area contributed by atoms with Crippen molar-refractivity contribution in [2.75, 3.05) is 25.5 Å². The third-order valence-corrected chi connectivity index (χ3v) is 6.84. The molecule has 2 aromatic rings. The number of nitrogens with two attached hydrogens (primary N) is 3. The number of hydrogen-bond donors (Lipinski definition) is 4. The Morgan fingerprint density at radius 3 is 2.46 bits per heavy atom. The van der Waals surface area contributed by atoms with Gasteiger partial charge in [0.1, 0.15) is 6.04 Å². The van der Waals surface area contributed by atoms with Gasteiger partial charge >= 0.3 is 0 Å². The number of benzene rings is 2. The maximum absolute atomic E-state index is 14.0. The molecule has 0 radical (unpaired) electrons. The molecule has 0 saturated carbocycles. The minimum absolute atomic E-state index is 0.0493. The number of carbonyl (C=O) groups is 2.